The topological polar surface area (TPSA) is 54.8 Å². The number of hydrogen-bond acceptors (Lipinski definition) is 6. The number of aromatic nitrogens is 1. The average molecular weight is 395 g/mol. The molecule has 0 radical (unpaired) electrons. The van der Waals surface area contributed by atoms with Gasteiger partial charge in [-0.2, -0.15) is 11.8 Å². The van der Waals surface area contributed by atoms with Crippen molar-refractivity contribution in [2.75, 3.05) is 44.9 Å². The Balaban J connectivity index is 1.66. The van der Waals surface area contributed by atoms with Crippen LogP contribution in [0.2, 0.25) is 5.02 Å². The lowest BCUT2D eigenvalue weighted by Gasteiger charge is -2.28. The van der Waals surface area contributed by atoms with Crippen molar-refractivity contribution < 1.29 is 14.6 Å². The second-order valence-electron chi connectivity index (χ2n) is 6.13. The molecule has 1 unspecified atom stereocenters. The van der Waals surface area contributed by atoms with Crippen LogP contribution in [0, 0.1) is 0 Å². The van der Waals surface area contributed by atoms with Crippen LogP contribution in [-0.4, -0.2) is 66.0 Å². The van der Waals surface area contributed by atoms with E-state index in [9.17, 15) is 5.11 Å². The number of pyridine rings is 1. The Morgan fingerprint density at radius 1 is 1.31 bits per heavy atom. The Kier molecular flexibility index (Phi) is 7.02. The third kappa shape index (κ3) is 5.27. The van der Waals surface area contributed by atoms with Gasteiger partial charge in [0.15, 0.2) is 0 Å². The van der Waals surface area contributed by atoms with Crippen molar-refractivity contribution in [1.29, 1.82) is 0 Å². The van der Waals surface area contributed by atoms with Gasteiger partial charge in [-0.15, -0.1) is 0 Å². The Hall–Kier alpha value is -1.47. The maximum absolute atomic E-state index is 10.3. The lowest BCUT2D eigenvalue weighted by Crippen LogP contribution is -2.40. The molecule has 7 heteroatoms. The predicted octanol–water partition coefficient (Wildman–Crippen LogP) is 3.20. The molecule has 0 aliphatic carbocycles. The maximum Gasteiger partial charge on any atom is 0.144 e. The second-order valence-corrected chi connectivity index (χ2v) is 7.79. The van der Waals surface area contributed by atoms with E-state index in [2.05, 4.69) is 9.88 Å². The Morgan fingerprint density at radius 2 is 2.12 bits per heavy atom. The molecular weight excluding hydrogens is 372 g/mol. The number of ether oxygens (including phenoxy) is 2. The summed E-state index contributed by atoms with van der Waals surface area (Å²) in [5, 5.41) is 10.8. The summed E-state index contributed by atoms with van der Waals surface area (Å²) in [5.41, 5.74) is 1.77. The molecule has 0 bridgehead atoms. The summed E-state index contributed by atoms with van der Waals surface area (Å²) in [6, 6.07) is 7.38. The highest BCUT2D eigenvalue weighted by atomic mass is 35.5. The van der Waals surface area contributed by atoms with E-state index in [-0.39, 0.29) is 6.61 Å². The fraction of sp³-hybridized carbons (Fsp3) is 0.421. The van der Waals surface area contributed by atoms with Crippen molar-refractivity contribution in [3.63, 3.8) is 0 Å². The summed E-state index contributed by atoms with van der Waals surface area (Å²) in [7, 11) is 1.61. The van der Waals surface area contributed by atoms with Crippen LogP contribution < -0.4 is 9.47 Å². The van der Waals surface area contributed by atoms with Gasteiger partial charge in [0.2, 0.25) is 0 Å². The van der Waals surface area contributed by atoms with Gasteiger partial charge in [0.05, 0.1) is 13.3 Å². The SMILES string of the molecule is COc1cnccc1-c1cc(Cl)cc(OCC(O)CN2CCSCC2)c1. The molecule has 5 nitrogen and oxygen atoms in total. The molecule has 3 rings (SSSR count). The number of thioether (sulfide) groups is 1. The third-order valence-corrected chi connectivity index (χ3v) is 5.36. The maximum atomic E-state index is 10.3. The average Bonchev–Trinajstić information content (AvgIpc) is 2.67. The van der Waals surface area contributed by atoms with E-state index in [0.29, 0.717) is 23.1 Å². The number of methoxy groups -OCH3 is 1. The van der Waals surface area contributed by atoms with Crippen LogP contribution in [0.1, 0.15) is 0 Å². The van der Waals surface area contributed by atoms with E-state index in [4.69, 9.17) is 21.1 Å². The molecule has 1 fully saturated rings. The number of aliphatic hydroxyl groups is 1. The van der Waals surface area contributed by atoms with Crippen LogP contribution >= 0.6 is 23.4 Å². The van der Waals surface area contributed by atoms with E-state index in [1.165, 1.54) is 0 Å². The fourth-order valence-corrected chi connectivity index (χ4v) is 4.11. The largest absolute Gasteiger partial charge is 0.494 e. The van der Waals surface area contributed by atoms with E-state index < -0.39 is 6.10 Å². The van der Waals surface area contributed by atoms with Crippen molar-refractivity contribution in [2.24, 2.45) is 0 Å². The Labute approximate surface area is 163 Å². The number of halogens is 1. The van der Waals surface area contributed by atoms with Crippen molar-refractivity contribution >= 4 is 23.4 Å². The highest BCUT2D eigenvalue weighted by molar-refractivity contribution is 7.99. The van der Waals surface area contributed by atoms with Crippen LogP contribution in [0.15, 0.2) is 36.7 Å². The molecule has 1 aliphatic rings. The van der Waals surface area contributed by atoms with Crippen molar-refractivity contribution in [3.05, 3.63) is 41.7 Å². The highest BCUT2D eigenvalue weighted by Gasteiger charge is 2.16. The number of aliphatic hydroxyl groups excluding tert-OH is 1. The monoisotopic (exact) mass is 394 g/mol. The van der Waals surface area contributed by atoms with Gasteiger partial charge in [-0.3, -0.25) is 9.88 Å². The van der Waals surface area contributed by atoms with Gasteiger partial charge in [-0.1, -0.05) is 11.6 Å². The highest BCUT2D eigenvalue weighted by Crippen LogP contribution is 2.33. The fourth-order valence-electron chi connectivity index (χ4n) is 2.91. The summed E-state index contributed by atoms with van der Waals surface area (Å²) in [5.74, 6) is 3.54. The van der Waals surface area contributed by atoms with E-state index >= 15 is 0 Å². The molecule has 1 aromatic carbocycles. The van der Waals surface area contributed by atoms with Crippen LogP contribution in [0.4, 0.5) is 0 Å². The molecule has 1 aliphatic heterocycles. The standard InChI is InChI=1S/C19H23ClN2O3S/c1-24-19-11-21-3-2-18(19)14-8-15(20)10-17(9-14)25-13-16(23)12-22-4-6-26-7-5-22/h2-3,8-11,16,23H,4-7,12-13H2,1H3. The first-order valence-electron chi connectivity index (χ1n) is 8.55. The van der Waals surface area contributed by atoms with Crippen LogP contribution in [0.25, 0.3) is 11.1 Å². The van der Waals surface area contributed by atoms with Crippen LogP contribution in [0.5, 0.6) is 11.5 Å². The van der Waals surface area contributed by atoms with Crippen molar-refractivity contribution in [3.8, 4) is 22.6 Å². The van der Waals surface area contributed by atoms with Crippen LogP contribution in [-0.2, 0) is 0 Å². The minimum absolute atomic E-state index is 0.233. The quantitative estimate of drug-likeness (QED) is 0.778. The van der Waals surface area contributed by atoms with E-state index in [0.717, 1.165) is 35.7 Å². The number of hydrogen-bond donors (Lipinski definition) is 1. The Bertz CT molecular complexity index is 726. The Morgan fingerprint density at radius 3 is 2.88 bits per heavy atom. The summed E-state index contributed by atoms with van der Waals surface area (Å²) >= 11 is 8.21. The lowest BCUT2D eigenvalue weighted by atomic mass is 10.1. The van der Waals surface area contributed by atoms with Crippen molar-refractivity contribution in [1.82, 2.24) is 9.88 Å². The van der Waals surface area contributed by atoms with E-state index in [1.54, 1.807) is 25.6 Å². The molecule has 26 heavy (non-hydrogen) atoms. The van der Waals surface area contributed by atoms with Gasteiger partial charge in [-0.05, 0) is 29.8 Å². The molecule has 1 aromatic heterocycles. The zero-order chi connectivity index (χ0) is 18.4. The molecule has 0 amide bonds. The normalized spacial score (nSPS) is 16.3. The molecule has 140 valence electrons. The third-order valence-electron chi connectivity index (χ3n) is 4.20. The minimum atomic E-state index is -0.531. The first-order chi connectivity index (χ1) is 12.7. The van der Waals surface area contributed by atoms with Crippen molar-refractivity contribution in [2.45, 2.75) is 6.10 Å². The number of benzene rings is 1. The molecule has 1 atom stereocenters. The number of rotatable bonds is 7. The lowest BCUT2D eigenvalue weighted by molar-refractivity contribution is 0.0715. The second kappa shape index (κ2) is 9.46. The first-order valence-corrected chi connectivity index (χ1v) is 10.1. The van der Waals surface area contributed by atoms with Gasteiger partial charge in [0, 0.05) is 47.9 Å². The minimum Gasteiger partial charge on any atom is -0.494 e. The molecule has 1 N–H and O–H groups in total. The smallest absolute Gasteiger partial charge is 0.144 e. The summed E-state index contributed by atoms with van der Waals surface area (Å²) in [6.07, 6.45) is 2.84. The van der Waals surface area contributed by atoms with Gasteiger partial charge in [0.25, 0.3) is 0 Å². The summed E-state index contributed by atoms with van der Waals surface area (Å²) < 4.78 is 11.2. The molecular formula is C19H23ClN2O3S. The summed E-state index contributed by atoms with van der Waals surface area (Å²) in [4.78, 5) is 6.35. The first kappa shape index (κ1) is 19.3. The number of β-amino-alcohol motifs (C(OH)–C–C–N with tert-alkyl or cyclic N) is 1. The predicted molar refractivity (Wildman–Crippen MR) is 107 cm³/mol. The molecule has 0 saturated carbocycles. The van der Waals surface area contributed by atoms with Gasteiger partial charge in [-0.25, -0.2) is 0 Å². The van der Waals surface area contributed by atoms with Gasteiger partial charge >= 0.3 is 0 Å². The zero-order valence-corrected chi connectivity index (χ0v) is 16.3. The van der Waals surface area contributed by atoms with Gasteiger partial charge < -0.3 is 14.6 Å². The molecule has 2 aromatic rings. The molecule has 2 heterocycles. The van der Waals surface area contributed by atoms with E-state index in [1.807, 2.05) is 30.0 Å². The van der Waals surface area contributed by atoms with Gasteiger partial charge in [0.1, 0.15) is 24.2 Å². The number of nitrogens with zero attached hydrogens (tertiary/aromatic N) is 2. The molecule has 1 saturated heterocycles. The zero-order valence-electron chi connectivity index (χ0n) is 14.7. The summed E-state index contributed by atoms with van der Waals surface area (Å²) in [6.45, 7) is 2.90. The molecule has 0 spiro atoms. The van der Waals surface area contributed by atoms with Crippen LogP contribution in [0.3, 0.4) is 0 Å².